The Morgan fingerprint density at radius 3 is 2.59 bits per heavy atom. The first-order chi connectivity index (χ1) is 15.7. The molecule has 5 rings (SSSR count). The van der Waals surface area contributed by atoms with Crippen molar-refractivity contribution in [3.8, 4) is 0 Å². The molecule has 0 aromatic carbocycles. The summed E-state index contributed by atoms with van der Waals surface area (Å²) >= 11 is 1.74. The predicted octanol–water partition coefficient (Wildman–Crippen LogP) is 2.77. The van der Waals surface area contributed by atoms with Crippen LogP contribution in [0.3, 0.4) is 0 Å². The Kier molecular flexibility index (Phi) is 7.06. The van der Waals surface area contributed by atoms with Gasteiger partial charge in [-0.05, 0) is 44.7 Å². The Labute approximate surface area is 192 Å². The van der Waals surface area contributed by atoms with E-state index in [9.17, 15) is 9.18 Å². The van der Waals surface area contributed by atoms with Crippen molar-refractivity contribution >= 4 is 29.2 Å². The molecule has 4 aliphatic heterocycles. The summed E-state index contributed by atoms with van der Waals surface area (Å²) in [6.45, 7) is 5.90. The van der Waals surface area contributed by atoms with Gasteiger partial charge in [0, 0.05) is 30.6 Å². The van der Waals surface area contributed by atoms with Crippen LogP contribution in [-0.2, 0) is 19.0 Å². The summed E-state index contributed by atoms with van der Waals surface area (Å²) in [6.07, 6.45) is 7.15. The topological polar surface area (TPSA) is 72.7 Å². The number of piperidine rings is 1. The molecule has 1 unspecified atom stereocenters. The van der Waals surface area contributed by atoms with Gasteiger partial charge in [-0.15, -0.1) is 0 Å². The highest BCUT2D eigenvalue weighted by Crippen LogP contribution is 2.30. The summed E-state index contributed by atoms with van der Waals surface area (Å²) in [6, 6.07) is 0.578. The van der Waals surface area contributed by atoms with Gasteiger partial charge in [-0.1, -0.05) is 0 Å². The minimum absolute atomic E-state index is 0.405. The quantitative estimate of drug-likeness (QED) is 0.578. The van der Waals surface area contributed by atoms with Crippen LogP contribution >= 0.6 is 11.8 Å². The predicted molar refractivity (Wildman–Crippen MR) is 122 cm³/mol. The Morgan fingerprint density at radius 2 is 1.88 bits per heavy atom. The van der Waals surface area contributed by atoms with Crippen molar-refractivity contribution in [1.29, 1.82) is 0 Å². The lowest BCUT2D eigenvalue weighted by Gasteiger charge is -2.41. The van der Waals surface area contributed by atoms with Crippen molar-refractivity contribution in [2.75, 3.05) is 51.9 Å². The number of hydrogen-bond acceptors (Lipinski definition) is 7. The van der Waals surface area contributed by atoms with Gasteiger partial charge in [0.25, 0.3) is 5.91 Å². The molecule has 32 heavy (non-hydrogen) atoms. The van der Waals surface area contributed by atoms with E-state index in [0.717, 1.165) is 65.2 Å². The Bertz CT molecular complexity index is 840. The summed E-state index contributed by atoms with van der Waals surface area (Å²) in [5.74, 6) is -0.127. The smallest absolute Gasteiger partial charge is 0.263 e. The molecule has 1 amide bonds. The van der Waals surface area contributed by atoms with Crippen molar-refractivity contribution in [2.24, 2.45) is 21.8 Å². The number of rotatable bonds is 7. The summed E-state index contributed by atoms with van der Waals surface area (Å²) in [5.41, 5.74) is 0.405. The lowest BCUT2D eigenvalue weighted by molar-refractivity contribution is -0.119. The second-order valence-corrected chi connectivity index (χ2v) is 10.3. The number of amides is 1. The number of thioether (sulfide) groups is 1. The number of aliphatic imine (C=N–C) groups is 2. The highest BCUT2D eigenvalue weighted by molar-refractivity contribution is 8.00. The lowest BCUT2D eigenvalue weighted by Crippen LogP contribution is -2.52. The van der Waals surface area contributed by atoms with E-state index in [2.05, 4.69) is 14.9 Å². The highest BCUT2D eigenvalue weighted by atomic mass is 32.2. The fourth-order valence-corrected chi connectivity index (χ4v) is 5.69. The first kappa shape index (κ1) is 22.3. The number of carbonyl (C=O) groups excluding carboxylic acids is 1. The van der Waals surface area contributed by atoms with Crippen molar-refractivity contribution in [3.05, 3.63) is 23.7 Å². The van der Waals surface area contributed by atoms with E-state index in [1.807, 2.05) is 0 Å². The van der Waals surface area contributed by atoms with E-state index in [4.69, 9.17) is 14.2 Å². The number of ether oxygens (including phenoxy) is 3. The molecule has 0 aromatic heterocycles. The highest BCUT2D eigenvalue weighted by Gasteiger charge is 2.35. The Balaban J connectivity index is 1.16. The van der Waals surface area contributed by atoms with Crippen LogP contribution < -0.4 is 0 Å². The number of hydrogen-bond donors (Lipinski definition) is 0. The van der Waals surface area contributed by atoms with Crippen molar-refractivity contribution < 1.29 is 23.4 Å². The Hall–Kier alpha value is -1.55. The van der Waals surface area contributed by atoms with E-state index in [1.165, 1.54) is 6.08 Å². The fraction of sp³-hybridized carbons (Fsp3) is 0.696. The van der Waals surface area contributed by atoms with Crippen LogP contribution in [0.2, 0.25) is 0 Å². The summed E-state index contributed by atoms with van der Waals surface area (Å²) in [5, 5.41) is 0.486. The number of nitrogens with zero attached hydrogens (tertiary/aromatic N) is 3. The van der Waals surface area contributed by atoms with Gasteiger partial charge in [-0.2, -0.15) is 16.8 Å². The summed E-state index contributed by atoms with van der Waals surface area (Å²) in [4.78, 5) is 23.5. The maximum Gasteiger partial charge on any atom is 0.263 e. The Morgan fingerprint density at radius 1 is 1.09 bits per heavy atom. The first-order valence-corrected chi connectivity index (χ1v) is 12.6. The van der Waals surface area contributed by atoms with Crippen molar-refractivity contribution in [2.45, 2.75) is 37.0 Å². The monoisotopic (exact) mass is 463 g/mol. The average molecular weight is 464 g/mol. The molecule has 3 saturated heterocycles. The molecule has 4 heterocycles. The molecule has 5 aliphatic rings. The standard InChI is InChI=1S/C23H30FN3O4S/c24-19-9-17(31-11-15-1-5-27(6-2-15)16-12-30-13-16)10-20-22(19)23(28)26-21(25-20)14-32-18-3-7-29-8-4-18/h9-10,15-16,18,22H,1-8,11-14H2. The van der Waals surface area contributed by atoms with Gasteiger partial charge in [0.05, 0.1) is 37.3 Å². The number of allylic oxidation sites excluding steroid dienone is 2. The molecule has 0 saturated carbocycles. The van der Waals surface area contributed by atoms with Gasteiger partial charge in [0.2, 0.25) is 0 Å². The molecule has 0 radical (unpaired) electrons. The van der Waals surface area contributed by atoms with Crippen LogP contribution in [0.4, 0.5) is 4.39 Å². The van der Waals surface area contributed by atoms with Gasteiger partial charge in [-0.3, -0.25) is 9.69 Å². The maximum atomic E-state index is 14.7. The normalized spacial score (nSPS) is 28.3. The third-order valence-electron chi connectivity index (χ3n) is 6.77. The zero-order chi connectivity index (χ0) is 21.9. The number of carbonyl (C=O) groups is 1. The van der Waals surface area contributed by atoms with Crippen LogP contribution in [0.1, 0.15) is 25.7 Å². The molecule has 9 heteroatoms. The van der Waals surface area contributed by atoms with Crippen LogP contribution in [-0.4, -0.2) is 85.5 Å². The van der Waals surface area contributed by atoms with Gasteiger partial charge in [0.1, 0.15) is 23.3 Å². The molecule has 7 nitrogen and oxygen atoms in total. The van der Waals surface area contributed by atoms with E-state index in [0.29, 0.717) is 46.9 Å². The van der Waals surface area contributed by atoms with E-state index < -0.39 is 17.7 Å². The molecule has 3 fully saturated rings. The molecule has 0 N–H and O–H groups in total. The van der Waals surface area contributed by atoms with E-state index in [-0.39, 0.29) is 0 Å². The number of amidine groups is 1. The van der Waals surface area contributed by atoms with Gasteiger partial charge in [-0.25, -0.2) is 9.38 Å². The summed E-state index contributed by atoms with van der Waals surface area (Å²) in [7, 11) is 0. The third-order valence-corrected chi connectivity index (χ3v) is 8.14. The molecule has 0 aromatic rings. The molecule has 1 atom stereocenters. The first-order valence-electron chi connectivity index (χ1n) is 11.6. The minimum Gasteiger partial charge on any atom is -0.493 e. The van der Waals surface area contributed by atoms with Crippen molar-refractivity contribution in [3.63, 3.8) is 0 Å². The van der Waals surface area contributed by atoms with E-state index in [1.54, 1.807) is 17.8 Å². The molecule has 1 aliphatic carbocycles. The zero-order valence-corrected chi connectivity index (χ0v) is 19.0. The van der Waals surface area contributed by atoms with Gasteiger partial charge < -0.3 is 14.2 Å². The maximum absolute atomic E-state index is 14.7. The number of fused-ring (bicyclic) bond motifs is 1. The summed E-state index contributed by atoms with van der Waals surface area (Å²) < 4.78 is 31.3. The third kappa shape index (κ3) is 5.16. The second kappa shape index (κ2) is 10.2. The molecular formula is C23H30FN3O4S. The largest absolute Gasteiger partial charge is 0.493 e. The zero-order valence-electron chi connectivity index (χ0n) is 18.2. The molecule has 0 spiro atoms. The lowest BCUT2D eigenvalue weighted by atomic mass is 9.94. The molecule has 0 bridgehead atoms. The second-order valence-electron chi connectivity index (χ2n) is 9.02. The van der Waals surface area contributed by atoms with Crippen LogP contribution in [0, 0.1) is 11.8 Å². The van der Waals surface area contributed by atoms with Crippen LogP contribution in [0.15, 0.2) is 33.7 Å². The fourth-order valence-electron chi connectivity index (χ4n) is 4.65. The number of likely N-dealkylation sites (tertiary alicyclic amines) is 1. The SMILES string of the molecule is O=C1N=C(CSC2CCOCC2)N=C2C=C(OCC3CCN(C4COC4)CC3)C=C(F)C12. The number of halogens is 1. The molecule has 174 valence electrons. The van der Waals surface area contributed by atoms with Crippen molar-refractivity contribution in [1.82, 2.24) is 4.90 Å². The minimum atomic E-state index is -1.02. The van der Waals surface area contributed by atoms with Crippen LogP contribution in [0.5, 0.6) is 0 Å². The molecular weight excluding hydrogens is 433 g/mol. The average Bonchev–Trinajstić information content (AvgIpc) is 2.76. The van der Waals surface area contributed by atoms with Gasteiger partial charge in [0.15, 0.2) is 0 Å². The van der Waals surface area contributed by atoms with E-state index >= 15 is 0 Å². The van der Waals surface area contributed by atoms with Gasteiger partial charge >= 0.3 is 0 Å². The van der Waals surface area contributed by atoms with Crippen LogP contribution in [0.25, 0.3) is 0 Å².